The number of rotatable bonds is 3. The molecule has 0 radical (unpaired) electrons. The summed E-state index contributed by atoms with van der Waals surface area (Å²) < 4.78 is 5.42. The van der Waals surface area contributed by atoms with Gasteiger partial charge in [-0.1, -0.05) is 18.7 Å². The maximum Gasteiger partial charge on any atom is 0.316 e. The van der Waals surface area contributed by atoms with Crippen LogP contribution in [0.3, 0.4) is 0 Å². The van der Waals surface area contributed by atoms with Crippen LogP contribution < -0.4 is 5.32 Å². The number of ether oxygens (including phenoxy) is 1. The van der Waals surface area contributed by atoms with Crippen LogP contribution in [0, 0.1) is 5.92 Å². The van der Waals surface area contributed by atoms with Gasteiger partial charge in [-0.05, 0) is 44.4 Å². The molecule has 0 saturated heterocycles. The second kappa shape index (κ2) is 6.75. The van der Waals surface area contributed by atoms with E-state index in [2.05, 4.69) is 11.9 Å². The molecule has 1 heterocycles. The van der Waals surface area contributed by atoms with Gasteiger partial charge in [0, 0.05) is 29.3 Å². The van der Waals surface area contributed by atoms with E-state index in [9.17, 15) is 14.7 Å². The van der Waals surface area contributed by atoms with Crippen LogP contribution in [0.1, 0.15) is 44.6 Å². The number of hydrogen-bond acceptors (Lipinski definition) is 5. The number of phenols is 1. The van der Waals surface area contributed by atoms with E-state index in [0.29, 0.717) is 17.7 Å². The van der Waals surface area contributed by atoms with Crippen molar-refractivity contribution in [3.05, 3.63) is 53.4 Å². The maximum absolute atomic E-state index is 12.7. The van der Waals surface area contributed by atoms with Gasteiger partial charge in [0.05, 0.1) is 6.10 Å². The quantitative estimate of drug-likeness (QED) is 0.826. The first-order valence-corrected chi connectivity index (χ1v) is 8.60. The third-order valence-corrected chi connectivity index (χ3v) is 4.62. The molecule has 0 bridgehead atoms. The highest BCUT2D eigenvalue weighted by molar-refractivity contribution is 6.00. The number of hydrogen-bond donors (Lipinski definition) is 2. The Hall–Kier alpha value is -2.56. The molecule has 2 aliphatic rings. The Balaban J connectivity index is 2.13. The number of phenolic OH excluding ortho intramolecular Hbond substituents is 1. The molecule has 2 atom stereocenters. The molecule has 1 aromatic rings. The van der Waals surface area contributed by atoms with Gasteiger partial charge >= 0.3 is 5.97 Å². The summed E-state index contributed by atoms with van der Waals surface area (Å²) >= 11 is 0. The molecule has 0 amide bonds. The van der Waals surface area contributed by atoms with Crippen molar-refractivity contribution >= 4 is 11.8 Å². The Morgan fingerprint density at radius 2 is 2.12 bits per heavy atom. The van der Waals surface area contributed by atoms with Gasteiger partial charge in [-0.15, -0.1) is 0 Å². The van der Waals surface area contributed by atoms with E-state index in [1.807, 2.05) is 6.07 Å². The summed E-state index contributed by atoms with van der Waals surface area (Å²) in [6.07, 6.45) is 1.74. The lowest BCUT2D eigenvalue weighted by Gasteiger charge is -2.38. The molecule has 0 fully saturated rings. The molecule has 0 aromatic heterocycles. The first-order chi connectivity index (χ1) is 11.9. The average molecular weight is 341 g/mol. The maximum atomic E-state index is 12.7. The molecule has 132 valence electrons. The number of allylic oxidation sites excluding steroid dienone is 2. The van der Waals surface area contributed by atoms with Crippen molar-refractivity contribution in [1.29, 1.82) is 0 Å². The molecule has 5 heteroatoms. The summed E-state index contributed by atoms with van der Waals surface area (Å²) in [5.41, 5.74) is 2.71. The Labute approximate surface area is 147 Å². The highest BCUT2D eigenvalue weighted by atomic mass is 16.5. The van der Waals surface area contributed by atoms with Crippen LogP contribution in [0.2, 0.25) is 0 Å². The van der Waals surface area contributed by atoms with Crippen molar-refractivity contribution < 1.29 is 19.4 Å². The monoisotopic (exact) mass is 341 g/mol. The Morgan fingerprint density at radius 1 is 1.36 bits per heavy atom. The zero-order chi connectivity index (χ0) is 18.1. The largest absolute Gasteiger partial charge is 0.508 e. The molecule has 2 unspecified atom stereocenters. The number of esters is 1. The number of benzene rings is 1. The highest BCUT2D eigenvalue weighted by Gasteiger charge is 2.44. The second-order valence-corrected chi connectivity index (χ2v) is 6.86. The fraction of sp³-hybridized carbons (Fsp3) is 0.400. The zero-order valence-electron chi connectivity index (χ0n) is 14.5. The number of Topliss-reactive ketones (excluding diaryl/α,β-unsaturated/α-hetero) is 1. The average Bonchev–Trinajstić information content (AvgIpc) is 2.53. The molecule has 0 saturated carbocycles. The van der Waals surface area contributed by atoms with Crippen molar-refractivity contribution in [1.82, 2.24) is 5.32 Å². The first-order valence-electron chi connectivity index (χ1n) is 8.60. The Bertz CT molecular complexity index is 763. The third-order valence-electron chi connectivity index (χ3n) is 4.62. The van der Waals surface area contributed by atoms with Crippen molar-refractivity contribution in [2.24, 2.45) is 5.92 Å². The van der Waals surface area contributed by atoms with Crippen molar-refractivity contribution in [3.8, 4) is 5.75 Å². The zero-order valence-corrected chi connectivity index (χ0v) is 14.5. The van der Waals surface area contributed by atoms with E-state index in [-0.39, 0.29) is 17.6 Å². The van der Waals surface area contributed by atoms with E-state index in [1.54, 1.807) is 32.0 Å². The number of aromatic hydroxyl groups is 1. The third kappa shape index (κ3) is 3.31. The summed E-state index contributed by atoms with van der Waals surface area (Å²) in [4.78, 5) is 25.4. The lowest BCUT2D eigenvalue weighted by molar-refractivity contribution is -0.151. The molecule has 1 aliphatic carbocycles. The van der Waals surface area contributed by atoms with Gasteiger partial charge in [-0.25, -0.2) is 0 Å². The fourth-order valence-electron chi connectivity index (χ4n) is 3.66. The topological polar surface area (TPSA) is 75.6 Å². The van der Waals surface area contributed by atoms with Gasteiger partial charge < -0.3 is 15.2 Å². The van der Waals surface area contributed by atoms with Crippen molar-refractivity contribution in [3.63, 3.8) is 0 Å². The van der Waals surface area contributed by atoms with Gasteiger partial charge in [0.25, 0.3) is 0 Å². The molecular formula is C20H23NO4. The van der Waals surface area contributed by atoms with Gasteiger partial charge in [-0.2, -0.15) is 0 Å². The van der Waals surface area contributed by atoms with Crippen LogP contribution in [0.5, 0.6) is 5.75 Å². The van der Waals surface area contributed by atoms with Crippen LogP contribution >= 0.6 is 0 Å². The van der Waals surface area contributed by atoms with Gasteiger partial charge in [0.15, 0.2) is 5.78 Å². The van der Waals surface area contributed by atoms with E-state index in [4.69, 9.17) is 4.74 Å². The molecule has 0 spiro atoms. The van der Waals surface area contributed by atoms with Crippen LogP contribution in [0.4, 0.5) is 0 Å². The minimum Gasteiger partial charge on any atom is -0.508 e. The summed E-state index contributed by atoms with van der Waals surface area (Å²) in [6, 6.07) is 6.71. The fourth-order valence-corrected chi connectivity index (χ4v) is 3.66. The normalized spacial score (nSPS) is 23.3. The number of carbonyl (C=O) groups excluding carboxylic acids is 2. The number of ketones is 1. The molecule has 25 heavy (non-hydrogen) atoms. The van der Waals surface area contributed by atoms with Crippen molar-refractivity contribution in [2.45, 2.75) is 45.1 Å². The summed E-state index contributed by atoms with van der Waals surface area (Å²) in [5, 5.41) is 13.1. The van der Waals surface area contributed by atoms with Gasteiger partial charge in [-0.3, -0.25) is 9.59 Å². The van der Waals surface area contributed by atoms with Crippen LogP contribution in [-0.4, -0.2) is 23.0 Å². The summed E-state index contributed by atoms with van der Waals surface area (Å²) in [6.45, 7) is 7.60. The lowest BCUT2D eigenvalue weighted by Crippen LogP contribution is -2.41. The predicted octanol–water partition coefficient (Wildman–Crippen LogP) is 3.17. The minimum atomic E-state index is -0.704. The lowest BCUT2D eigenvalue weighted by atomic mass is 9.71. The Morgan fingerprint density at radius 3 is 2.80 bits per heavy atom. The van der Waals surface area contributed by atoms with Crippen molar-refractivity contribution in [2.75, 3.05) is 0 Å². The van der Waals surface area contributed by atoms with Gasteiger partial charge in [0.2, 0.25) is 0 Å². The Kier molecular flexibility index (Phi) is 4.66. The first kappa shape index (κ1) is 17.3. The van der Waals surface area contributed by atoms with E-state index < -0.39 is 17.8 Å². The molecule has 1 aromatic carbocycles. The molecule has 5 nitrogen and oxygen atoms in total. The van der Waals surface area contributed by atoms with E-state index in [1.165, 1.54) is 0 Å². The molecule has 2 N–H and O–H groups in total. The van der Waals surface area contributed by atoms with E-state index >= 15 is 0 Å². The van der Waals surface area contributed by atoms with Gasteiger partial charge in [0.1, 0.15) is 11.7 Å². The van der Waals surface area contributed by atoms with Crippen LogP contribution in [0.15, 0.2) is 47.8 Å². The molecule has 1 aliphatic heterocycles. The smallest absolute Gasteiger partial charge is 0.316 e. The SMILES string of the molecule is C=C1NC2=C(C(=O)CCC2)C(c2cccc(O)c2)C1C(=O)OC(C)C. The second-order valence-electron chi connectivity index (χ2n) is 6.86. The summed E-state index contributed by atoms with van der Waals surface area (Å²) in [7, 11) is 0. The standard InChI is InChI=1S/C20H23NO4/c1-11(2)25-20(24)17-12(3)21-15-8-5-9-16(23)19(15)18(17)13-6-4-7-14(22)10-13/h4,6-7,10-11,17-18,21-22H,3,5,8-9H2,1-2H3. The number of nitrogens with one attached hydrogen (secondary N) is 1. The molecule has 3 rings (SSSR count). The highest BCUT2D eigenvalue weighted by Crippen LogP contribution is 2.44. The molecular weight excluding hydrogens is 318 g/mol. The minimum absolute atomic E-state index is 0.0388. The van der Waals surface area contributed by atoms with Crippen LogP contribution in [0.25, 0.3) is 0 Å². The summed E-state index contributed by atoms with van der Waals surface area (Å²) in [5.74, 6) is -1.47. The number of carbonyl (C=O) groups is 2. The van der Waals surface area contributed by atoms with Crippen LogP contribution in [-0.2, 0) is 14.3 Å². The van der Waals surface area contributed by atoms with E-state index in [0.717, 1.165) is 24.1 Å². The predicted molar refractivity (Wildman–Crippen MR) is 93.7 cm³/mol.